The van der Waals surface area contributed by atoms with Crippen LogP contribution >= 0.6 is 18.3 Å². The van der Waals surface area contributed by atoms with E-state index in [0.717, 1.165) is 0 Å². The number of nitrogens with two attached hydrogens (primary N) is 2. The summed E-state index contributed by atoms with van der Waals surface area (Å²) in [4.78, 5) is 34.9. The zero-order valence-electron chi connectivity index (χ0n) is 20.7. The van der Waals surface area contributed by atoms with Crippen LogP contribution in [0.1, 0.15) is 18.9 Å². The number of ether oxygens (including phenoxy) is 2. The molecule has 0 amide bonds. The molecule has 6 rings (SSSR count). The van der Waals surface area contributed by atoms with E-state index in [2.05, 4.69) is 29.9 Å². The van der Waals surface area contributed by atoms with E-state index in [1.165, 1.54) is 28.1 Å². The lowest BCUT2D eigenvalue weighted by atomic mass is 10.1. The molecule has 2 saturated heterocycles. The average molecular weight is 633 g/mol. The molecule has 0 radical (unpaired) electrons. The number of nitrogen functional groups attached to an aromatic ring is 2. The quantitative estimate of drug-likeness (QED) is 0.127. The fourth-order valence-electron chi connectivity index (χ4n) is 4.76. The number of aliphatic hydroxyl groups is 2. The van der Waals surface area contributed by atoms with Gasteiger partial charge in [0.1, 0.15) is 41.9 Å². The van der Waals surface area contributed by atoms with Crippen molar-refractivity contribution in [3.8, 4) is 0 Å². The SMILES string of the molecule is Nc1ncnc2c1ncn2[C@@H]1O[C@H](COP(O)(=S)OC2C[C@H](n3cnc4c(N)nc(Cl)nc43)O[C@@H]2CO)C(O)[C@@H]1F. The van der Waals surface area contributed by atoms with Gasteiger partial charge in [-0.25, -0.2) is 24.3 Å². The summed E-state index contributed by atoms with van der Waals surface area (Å²) in [5.74, 6) is 0.178. The van der Waals surface area contributed by atoms with Gasteiger partial charge < -0.3 is 45.1 Å². The number of imidazole rings is 2. The number of hydrogen-bond donors (Lipinski definition) is 5. The lowest BCUT2D eigenvalue weighted by Gasteiger charge is -2.24. The number of fused-ring (bicyclic) bond motifs is 2. The summed E-state index contributed by atoms with van der Waals surface area (Å²) in [6, 6.07) is 0. The van der Waals surface area contributed by atoms with Gasteiger partial charge in [-0.1, -0.05) is 0 Å². The zero-order chi connectivity index (χ0) is 29.1. The minimum Gasteiger partial charge on any atom is -0.394 e. The van der Waals surface area contributed by atoms with Gasteiger partial charge in [-0.05, 0) is 23.4 Å². The van der Waals surface area contributed by atoms with Crippen molar-refractivity contribution in [1.29, 1.82) is 0 Å². The summed E-state index contributed by atoms with van der Waals surface area (Å²) in [6.07, 6.45) is -4.62. The molecule has 220 valence electrons. The highest BCUT2D eigenvalue weighted by Crippen LogP contribution is 2.49. The molecule has 0 aromatic carbocycles. The number of anilines is 2. The van der Waals surface area contributed by atoms with E-state index in [4.69, 9.17) is 53.4 Å². The van der Waals surface area contributed by atoms with E-state index in [0.29, 0.717) is 11.2 Å². The molecule has 2 aliphatic rings. The van der Waals surface area contributed by atoms with E-state index >= 15 is 4.39 Å². The second-order valence-corrected chi connectivity index (χ2v) is 12.4. The lowest BCUT2D eigenvalue weighted by molar-refractivity contribution is -0.0519. The summed E-state index contributed by atoms with van der Waals surface area (Å²) in [5.41, 5.74) is 12.7. The standard InChI is InChI=1S/C20H23ClFN10O7PS/c21-20-29-16(24)13-18(30-20)31(5-27-13)10-1-7(8(2-33)37-10)39-40(35,41)36-3-9-14(34)11(22)19(38-9)32-6-28-12-15(23)25-4-26-17(12)32/h4-11,14,19,33-34H,1-3H2,(H,35,41)(H2,23,25,26)(H2,24,29,30)/t7?,8-,9-,10-,11+,14?,19-,40?/m1/s1. The molecule has 4 aromatic rings. The molecule has 2 aliphatic heterocycles. The van der Waals surface area contributed by atoms with Crippen LogP contribution in [-0.2, 0) is 30.3 Å². The molecule has 3 unspecified atom stereocenters. The van der Waals surface area contributed by atoms with Crippen LogP contribution in [-0.4, -0.2) is 97.9 Å². The summed E-state index contributed by atoms with van der Waals surface area (Å²) in [5, 5.41) is 20.3. The van der Waals surface area contributed by atoms with Crippen LogP contribution in [0.5, 0.6) is 0 Å². The average Bonchev–Trinajstić information content (AvgIpc) is 3.69. The first kappa shape index (κ1) is 28.4. The zero-order valence-corrected chi connectivity index (χ0v) is 23.2. The molecule has 0 spiro atoms. The van der Waals surface area contributed by atoms with Crippen LogP contribution in [0.4, 0.5) is 16.0 Å². The van der Waals surface area contributed by atoms with Crippen LogP contribution in [0.15, 0.2) is 19.0 Å². The van der Waals surface area contributed by atoms with E-state index in [1.54, 1.807) is 0 Å². The van der Waals surface area contributed by atoms with Crippen molar-refractivity contribution in [2.75, 3.05) is 24.7 Å². The van der Waals surface area contributed by atoms with E-state index in [1.807, 2.05) is 0 Å². The minimum absolute atomic E-state index is 0.0789. The van der Waals surface area contributed by atoms with Crippen LogP contribution in [0, 0.1) is 0 Å². The first-order valence-electron chi connectivity index (χ1n) is 12.0. The molecule has 0 bridgehead atoms. The summed E-state index contributed by atoms with van der Waals surface area (Å²) >= 11 is 11.1. The Morgan fingerprint density at radius 1 is 1.07 bits per heavy atom. The van der Waals surface area contributed by atoms with Gasteiger partial charge in [-0.3, -0.25) is 9.13 Å². The minimum atomic E-state index is -4.00. The summed E-state index contributed by atoms with van der Waals surface area (Å²) < 4.78 is 40.5. The first-order valence-corrected chi connectivity index (χ1v) is 15.0. The maximum Gasteiger partial charge on any atom is 0.324 e. The van der Waals surface area contributed by atoms with E-state index < -0.39 is 63.0 Å². The predicted octanol–water partition coefficient (Wildman–Crippen LogP) is -0.0212. The number of aromatic nitrogens is 8. The van der Waals surface area contributed by atoms with Gasteiger partial charge >= 0.3 is 6.72 Å². The van der Waals surface area contributed by atoms with Crippen LogP contribution in [0.2, 0.25) is 5.28 Å². The number of rotatable bonds is 8. The smallest absolute Gasteiger partial charge is 0.324 e. The van der Waals surface area contributed by atoms with Crippen molar-refractivity contribution < 1.29 is 38.0 Å². The Bertz CT molecular complexity index is 1650. The number of alkyl halides is 1. The Labute approximate surface area is 239 Å². The van der Waals surface area contributed by atoms with Crippen molar-refractivity contribution in [2.24, 2.45) is 0 Å². The summed E-state index contributed by atoms with van der Waals surface area (Å²) in [7, 11) is 0. The highest BCUT2D eigenvalue weighted by atomic mass is 35.5. The maximum absolute atomic E-state index is 15.1. The third-order valence-corrected chi connectivity index (χ3v) is 8.47. The third kappa shape index (κ3) is 5.22. The number of aliphatic hydroxyl groups excluding tert-OH is 2. The molecule has 0 aliphatic carbocycles. The second-order valence-electron chi connectivity index (χ2n) is 9.24. The largest absolute Gasteiger partial charge is 0.394 e. The van der Waals surface area contributed by atoms with Crippen LogP contribution < -0.4 is 11.5 Å². The maximum atomic E-state index is 15.1. The fourth-order valence-corrected chi connectivity index (χ4v) is 6.40. The number of halogens is 2. The van der Waals surface area contributed by atoms with Gasteiger partial charge in [0.25, 0.3) is 0 Å². The second kappa shape index (κ2) is 10.8. The molecule has 7 N–H and O–H groups in total. The Balaban J connectivity index is 1.12. The van der Waals surface area contributed by atoms with Crippen molar-refractivity contribution in [1.82, 2.24) is 39.0 Å². The molecular weight excluding hydrogens is 610 g/mol. The van der Waals surface area contributed by atoms with Gasteiger partial charge in [-0.15, -0.1) is 0 Å². The van der Waals surface area contributed by atoms with Gasteiger partial charge in [-0.2, -0.15) is 9.97 Å². The van der Waals surface area contributed by atoms with Crippen molar-refractivity contribution in [3.05, 3.63) is 24.3 Å². The number of hydrogen-bond acceptors (Lipinski definition) is 15. The Morgan fingerprint density at radius 3 is 2.56 bits per heavy atom. The molecule has 2 fully saturated rings. The Morgan fingerprint density at radius 2 is 1.80 bits per heavy atom. The predicted molar refractivity (Wildman–Crippen MR) is 142 cm³/mol. The van der Waals surface area contributed by atoms with Gasteiger partial charge in [0.15, 0.2) is 35.3 Å². The molecule has 6 heterocycles. The van der Waals surface area contributed by atoms with Crippen LogP contribution in [0.3, 0.4) is 0 Å². The summed E-state index contributed by atoms with van der Waals surface area (Å²) in [6.45, 7) is -4.97. The highest BCUT2D eigenvalue weighted by molar-refractivity contribution is 8.07. The molecule has 21 heteroatoms. The normalized spacial score (nSPS) is 29.9. The van der Waals surface area contributed by atoms with Gasteiger partial charge in [0, 0.05) is 6.42 Å². The van der Waals surface area contributed by atoms with Crippen molar-refractivity contribution in [3.63, 3.8) is 0 Å². The highest BCUT2D eigenvalue weighted by Gasteiger charge is 2.47. The molecule has 0 saturated carbocycles. The molecular formula is C20H23ClFN10O7PS. The van der Waals surface area contributed by atoms with Gasteiger partial charge in [0.2, 0.25) is 5.28 Å². The fraction of sp³-hybridized carbons (Fsp3) is 0.500. The van der Waals surface area contributed by atoms with Crippen LogP contribution in [0.25, 0.3) is 22.3 Å². The number of nitrogens with zero attached hydrogens (tertiary/aromatic N) is 8. The first-order chi connectivity index (χ1) is 19.6. The Hall–Kier alpha value is -2.71. The van der Waals surface area contributed by atoms with E-state index in [9.17, 15) is 15.1 Å². The molecule has 17 nitrogen and oxygen atoms in total. The van der Waals surface area contributed by atoms with Gasteiger partial charge in [0.05, 0.1) is 32.0 Å². The molecule has 41 heavy (non-hydrogen) atoms. The lowest BCUT2D eigenvalue weighted by Crippen LogP contribution is -2.32. The molecule has 4 aromatic heterocycles. The Kier molecular flexibility index (Phi) is 7.52. The van der Waals surface area contributed by atoms with Crippen molar-refractivity contribution >= 4 is 64.1 Å². The van der Waals surface area contributed by atoms with Crippen molar-refractivity contribution in [2.45, 2.75) is 49.5 Å². The third-order valence-electron chi connectivity index (χ3n) is 6.72. The topological polar surface area (TPSA) is 237 Å². The van der Waals surface area contributed by atoms with E-state index in [-0.39, 0.29) is 34.5 Å². The monoisotopic (exact) mass is 632 g/mol. The molecule has 8 atom stereocenters.